The molecule has 0 saturated carbocycles. The van der Waals surface area contributed by atoms with Crippen molar-refractivity contribution in [3.63, 3.8) is 0 Å². The Kier molecular flexibility index (Phi) is 3.79. The van der Waals surface area contributed by atoms with E-state index in [4.69, 9.17) is 5.11 Å². The second-order valence-electron chi connectivity index (χ2n) is 4.20. The lowest BCUT2D eigenvalue weighted by molar-refractivity contribution is -0.142. The molecule has 1 aromatic carbocycles. The number of aliphatic carboxylic acids is 1. The summed E-state index contributed by atoms with van der Waals surface area (Å²) in [6.07, 6.45) is 1.50. The van der Waals surface area contributed by atoms with Crippen molar-refractivity contribution in [2.24, 2.45) is 0 Å². The van der Waals surface area contributed by atoms with Crippen LogP contribution < -0.4 is 0 Å². The number of halogens is 2. The third-order valence-corrected chi connectivity index (χ3v) is 3.53. The van der Waals surface area contributed by atoms with Gasteiger partial charge in [-0.1, -0.05) is 22.0 Å². The van der Waals surface area contributed by atoms with Crippen LogP contribution in [-0.4, -0.2) is 28.6 Å². The van der Waals surface area contributed by atoms with Crippen LogP contribution in [0.4, 0.5) is 4.39 Å². The molecule has 3 nitrogen and oxygen atoms in total. The summed E-state index contributed by atoms with van der Waals surface area (Å²) in [6.45, 7) is 1.07. The molecule has 92 valence electrons. The van der Waals surface area contributed by atoms with Crippen molar-refractivity contribution >= 4 is 21.9 Å². The van der Waals surface area contributed by atoms with Crippen LogP contribution in [0.2, 0.25) is 0 Å². The summed E-state index contributed by atoms with van der Waals surface area (Å²) in [4.78, 5) is 12.8. The predicted octanol–water partition coefficient (Wildman–Crippen LogP) is 2.64. The van der Waals surface area contributed by atoms with Gasteiger partial charge in [0.25, 0.3) is 0 Å². The number of rotatable bonds is 3. The highest BCUT2D eigenvalue weighted by Crippen LogP contribution is 2.22. The highest BCUT2D eigenvalue weighted by atomic mass is 79.9. The van der Waals surface area contributed by atoms with Gasteiger partial charge >= 0.3 is 5.97 Å². The molecule has 1 aromatic rings. The Bertz CT molecular complexity index is 439. The predicted molar refractivity (Wildman–Crippen MR) is 65.2 cm³/mol. The molecular weight excluding hydrogens is 289 g/mol. The molecule has 0 amide bonds. The Morgan fingerprint density at radius 1 is 1.59 bits per heavy atom. The number of hydrogen-bond acceptors (Lipinski definition) is 2. The van der Waals surface area contributed by atoms with E-state index in [0.717, 1.165) is 6.42 Å². The Labute approximate surface area is 107 Å². The molecule has 1 N–H and O–H groups in total. The SMILES string of the molecule is O=C(O)[C@@H]1CCCN1Cc1ccc(Br)cc1F. The summed E-state index contributed by atoms with van der Waals surface area (Å²) in [5.41, 5.74) is 0.543. The van der Waals surface area contributed by atoms with E-state index in [-0.39, 0.29) is 5.82 Å². The van der Waals surface area contributed by atoms with Gasteiger partial charge in [-0.25, -0.2) is 4.39 Å². The van der Waals surface area contributed by atoms with Crippen LogP contribution in [0.1, 0.15) is 18.4 Å². The number of carboxylic acid groups (broad SMARTS) is 1. The molecule has 1 atom stereocenters. The third-order valence-electron chi connectivity index (χ3n) is 3.04. The highest BCUT2D eigenvalue weighted by molar-refractivity contribution is 9.10. The zero-order valence-corrected chi connectivity index (χ0v) is 10.8. The number of hydrogen-bond donors (Lipinski definition) is 1. The van der Waals surface area contributed by atoms with Crippen molar-refractivity contribution in [1.29, 1.82) is 0 Å². The van der Waals surface area contributed by atoms with Crippen LogP contribution >= 0.6 is 15.9 Å². The van der Waals surface area contributed by atoms with Gasteiger partial charge in [0.15, 0.2) is 0 Å². The molecule has 1 aliphatic heterocycles. The number of likely N-dealkylation sites (tertiary alicyclic amines) is 1. The third kappa shape index (κ3) is 2.84. The summed E-state index contributed by atoms with van der Waals surface area (Å²) in [5, 5.41) is 9.03. The van der Waals surface area contributed by atoms with Crippen molar-refractivity contribution in [2.45, 2.75) is 25.4 Å². The molecule has 0 aliphatic carbocycles. The average Bonchev–Trinajstić information content (AvgIpc) is 2.70. The molecule has 1 heterocycles. The maximum absolute atomic E-state index is 13.6. The fourth-order valence-electron chi connectivity index (χ4n) is 2.16. The molecule has 1 fully saturated rings. The smallest absolute Gasteiger partial charge is 0.320 e. The van der Waals surface area contributed by atoms with Crippen LogP contribution in [0.3, 0.4) is 0 Å². The molecule has 2 rings (SSSR count). The minimum Gasteiger partial charge on any atom is -0.480 e. The fraction of sp³-hybridized carbons (Fsp3) is 0.417. The van der Waals surface area contributed by atoms with E-state index >= 15 is 0 Å². The molecule has 0 bridgehead atoms. The van der Waals surface area contributed by atoms with Gasteiger partial charge < -0.3 is 5.11 Å². The second kappa shape index (κ2) is 5.14. The van der Waals surface area contributed by atoms with E-state index in [1.54, 1.807) is 12.1 Å². The largest absolute Gasteiger partial charge is 0.480 e. The fourth-order valence-corrected chi connectivity index (χ4v) is 2.50. The summed E-state index contributed by atoms with van der Waals surface area (Å²) >= 11 is 3.20. The maximum Gasteiger partial charge on any atom is 0.320 e. The normalized spacial score (nSPS) is 20.7. The van der Waals surface area contributed by atoms with Crippen molar-refractivity contribution in [3.05, 3.63) is 34.1 Å². The lowest BCUT2D eigenvalue weighted by Gasteiger charge is -2.21. The summed E-state index contributed by atoms with van der Waals surface area (Å²) in [6, 6.07) is 4.39. The Balaban J connectivity index is 2.12. The van der Waals surface area contributed by atoms with Crippen LogP contribution in [-0.2, 0) is 11.3 Å². The van der Waals surface area contributed by atoms with E-state index in [1.807, 2.05) is 4.90 Å². The number of benzene rings is 1. The first-order valence-electron chi connectivity index (χ1n) is 5.48. The van der Waals surface area contributed by atoms with Gasteiger partial charge in [0.2, 0.25) is 0 Å². The highest BCUT2D eigenvalue weighted by Gasteiger charge is 2.30. The van der Waals surface area contributed by atoms with Gasteiger partial charge in [0.1, 0.15) is 11.9 Å². The van der Waals surface area contributed by atoms with Crippen molar-refractivity contribution in [2.75, 3.05) is 6.54 Å². The van der Waals surface area contributed by atoms with E-state index in [1.165, 1.54) is 6.07 Å². The monoisotopic (exact) mass is 301 g/mol. The summed E-state index contributed by atoms with van der Waals surface area (Å²) < 4.78 is 14.3. The van der Waals surface area contributed by atoms with Crippen LogP contribution in [0.25, 0.3) is 0 Å². The number of carboxylic acids is 1. The zero-order chi connectivity index (χ0) is 12.4. The molecule has 1 aliphatic rings. The van der Waals surface area contributed by atoms with Crippen molar-refractivity contribution < 1.29 is 14.3 Å². The lowest BCUT2D eigenvalue weighted by Crippen LogP contribution is -2.35. The number of nitrogens with zero attached hydrogens (tertiary/aromatic N) is 1. The molecule has 17 heavy (non-hydrogen) atoms. The number of carbonyl (C=O) groups is 1. The first kappa shape index (κ1) is 12.5. The average molecular weight is 302 g/mol. The van der Waals surface area contributed by atoms with E-state index in [2.05, 4.69) is 15.9 Å². The van der Waals surface area contributed by atoms with Crippen LogP contribution in [0.5, 0.6) is 0 Å². The van der Waals surface area contributed by atoms with Gasteiger partial charge in [0.05, 0.1) is 0 Å². The Morgan fingerprint density at radius 2 is 2.35 bits per heavy atom. The molecule has 0 radical (unpaired) electrons. The van der Waals surface area contributed by atoms with Gasteiger partial charge in [-0.05, 0) is 31.5 Å². The van der Waals surface area contributed by atoms with Gasteiger partial charge in [0, 0.05) is 16.6 Å². The summed E-state index contributed by atoms with van der Waals surface area (Å²) in [5.74, 6) is -1.12. The molecule has 0 spiro atoms. The van der Waals surface area contributed by atoms with Crippen molar-refractivity contribution in [1.82, 2.24) is 4.90 Å². The van der Waals surface area contributed by atoms with Gasteiger partial charge in [-0.15, -0.1) is 0 Å². The molecule has 5 heteroatoms. The van der Waals surface area contributed by atoms with Gasteiger partial charge in [-0.3, -0.25) is 9.69 Å². The van der Waals surface area contributed by atoms with Crippen LogP contribution in [0.15, 0.2) is 22.7 Å². The quantitative estimate of drug-likeness (QED) is 0.933. The topological polar surface area (TPSA) is 40.5 Å². The maximum atomic E-state index is 13.6. The van der Waals surface area contributed by atoms with E-state index in [0.29, 0.717) is 29.5 Å². The molecule has 0 unspecified atom stereocenters. The Morgan fingerprint density at radius 3 is 3.00 bits per heavy atom. The van der Waals surface area contributed by atoms with Gasteiger partial charge in [-0.2, -0.15) is 0 Å². The minimum absolute atomic E-state index is 0.296. The minimum atomic E-state index is -0.819. The standard InChI is InChI=1S/C12H13BrFNO2/c13-9-4-3-8(10(14)6-9)7-15-5-1-2-11(15)12(16)17/h3-4,6,11H,1-2,5,7H2,(H,16,17)/t11-/m0/s1. The summed E-state index contributed by atoms with van der Waals surface area (Å²) in [7, 11) is 0. The second-order valence-corrected chi connectivity index (χ2v) is 5.12. The van der Waals surface area contributed by atoms with E-state index < -0.39 is 12.0 Å². The molecular formula is C12H13BrFNO2. The Hall–Kier alpha value is -0.940. The molecule has 1 saturated heterocycles. The zero-order valence-electron chi connectivity index (χ0n) is 9.20. The molecule has 0 aromatic heterocycles. The van der Waals surface area contributed by atoms with Crippen molar-refractivity contribution in [3.8, 4) is 0 Å². The van der Waals surface area contributed by atoms with Crippen LogP contribution in [0, 0.1) is 5.82 Å². The first-order chi connectivity index (χ1) is 8.08. The first-order valence-corrected chi connectivity index (χ1v) is 6.28. The van der Waals surface area contributed by atoms with E-state index in [9.17, 15) is 9.18 Å². The lowest BCUT2D eigenvalue weighted by atomic mass is 10.1.